The van der Waals surface area contributed by atoms with Crippen LogP contribution in [0.4, 0.5) is 5.69 Å². The lowest BCUT2D eigenvalue weighted by Crippen LogP contribution is -2.10. The van der Waals surface area contributed by atoms with Crippen molar-refractivity contribution in [3.63, 3.8) is 0 Å². The molecule has 0 fully saturated rings. The first-order chi connectivity index (χ1) is 10.3. The first-order valence-corrected chi connectivity index (χ1v) is 7.87. The number of thiophene rings is 1. The molecule has 0 unspecified atom stereocenters. The van der Waals surface area contributed by atoms with Crippen LogP contribution >= 0.6 is 11.3 Å². The van der Waals surface area contributed by atoms with E-state index in [1.165, 1.54) is 10.4 Å². The first kappa shape index (κ1) is 13.9. The van der Waals surface area contributed by atoms with Gasteiger partial charge in [-0.15, -0.1) is 11.3 Å². The fourth-order valence-electron chi connectivity index (χ4n) is 2.24. The molecular formula is C18H18N2S. The number of hydrogen-bond acceptors (Lipinski definition) is 3. The van der Waals surface area contributed by atoms with Crippen molar-refractivity contribution < 1.29 is 0 Å². The van der Waals surface area contributed by atoms with Gasteiger partial charge in [0.2, 0.25) is 0 Å². The van der Waals surface area contributed by atoms with Crippen LogP contribution in [0, 0.1) is 0 Å². The molecule has 3 aromatic rings. The summed E-state index contributed by atoms with van der Waals surface area (Å²) in [5.74, 6) is 0. The molecule has 0 saturated carbocycles. The highest BCUT2D eigenvalue weighted by atomic mass is 32.1. The summed E-state index contributed by atoms with van der Waals surface area (Å²) in [5, 5.41) is 5.48. The molecule has 106 valence electrons. The maximum Gasteiger partial charge on any atom is 0.0646 e. The molecule has 2 nitrogen and oxygen atoms in total. The standard InChI is InChI=1S/C18H18N2S/c19-18(17-7-4-12-21-17)15-8-10-16(11-9-15)20-13-14-5-2-1-3-6-14/h1-12,18,20H,13,19H2/t18-/m0/s1. The van der Waals surface area contributed by atoms with Crippen LogP contribution in [0.15, 0.2) is 72.1 Å². The summed E-state index contributed by atoms with van der Waals surface area (Å²) < 4.78 is 0. The highest BCUT2D eigenvalue weighted by molar-refractivity contribution is 7.10. The Morgan fingerprint density at radius 1 is 0.905 bits per heavy atom. The van der Waals surface area contributed by atoms with Gasteiger partial charge in [-0.05, 0) is 34.7 Å². The molecule has 3 rings (SSSR count). The molecule has 1 aromatic heterocycles. The highest BCUT2D eigenvalue weighted by Crippen LogP contribution is 2.24. The summed E-state index contributed by atoms with van der Waals surface area (Å²) in [6.45, 7) is 0.831. The maximum absolute atomic E-state index is 6.27. The molecule has 0 saturated heterocycles. The van der Waals surface area contributed by atoms with Gasteiger partial charge in [-0.3, -0.25) is 0 Å². The van der Waals surface area contributed by atoms with Crippen LogP contribution in [0.2, 0.25) is 0 Å². The largest absolute Gasteiger partial charge is 0.381 e. The normalized spacial score (nSPS) is 12.0. The Balaban J connectivity index is 1.64. The molecule has 1 atom stereocenters. The minimum Gasteiger partial charge on any atom is -0.381 e. The van der Waals surface area contributed by atoms with Crippen LogP contribution < -0.4 is 11.1 Å². The lowest BCUT2D eigenvalue weighted by atomic mass is 10.1. The number of anilines is 1. The number of nitrogens with two attached hydrogens (primary N) is 1. The molecule has 1 heterocycles. The molecule has 2 aromatic carbocycles. The second kappa shape index (κ2) is 6.57. The van der Waals surface area contributed by atoms with Crippen molar-refractivity contribution >= 4 is 17.0 Å². The van der Waals surface area contributed by atoms with Crippen LogP contribution in [-0.2, 0) is 6.54 Å². The van der Waals surface area contributed by atoms with Gasteiger partial charge < -0.3 is 11.1 Å². The minimum absolute atomic E-state index is 0.0341. The van der Waals surface area contributed by atoms with E-state index in [-0.39, 0.29) is 6.04 Å². The third-order valence-electron chi connectivity index (χ3n) is 3.46. The number of rotatable bonds is 5. The van der Waals surface area contributed by atoms with E-state index < -0.39 is 0 Å². The summed E-state index contributed by atoms with van der Waals surface area (Å²) in [7, 11) is 0. The Morgan fingerprint density at radius 2 is 1.67 bits per heavy atom. The Kier molecular flexibility index (Phi) is 4.34. The quantitative estimate of drug-likeness (QED) is 0.731. The Labute approximate surface area is 129 Å². The molecule has 3 heteroatoms. The fourth-order valence-corrected chi connectivity index (χ4v) is 2.99. The van der Waals surface area contributed by atoms with E-state index in [1.54, 1.807) is 11.3 Å². The number of hydrogen-bond donors (Lipinski definition) is 2. The van der Waals surface area contributed by atoms with E-state index in [0.29, 0.717) is 0 Å². The average molecular weight is 294 g/mol. The zero-order valence-corrected chi connectivity index (χ0v) is 12.5. The molecule has 0 bridgehead atoms. The maximum atomic E-state index is 6.27. The molecule has 0 radical (unpaired) electrons. The van der Waals surface area contributed by atoms with Crippen LogP contribution in [-0.4, -0.2) is 0 Å². The Hall–Kier alpha value is -2.10. The predicted molar refractivity (Wildman–Crippen MR) is 90.6 cm³/mol. The van der Waals surface area contributed by atoms with E-state index in [1.807, 2.05) is 12.1 Å². The van der Waals surface area contributed by atoms with Crippen LogP contribution in [0.5, 0.6) is 0 Å². The van der Waals surface area contributed by atoms with Gasteiger partial charge >= 0.3 is 0 Å². The van der Waals surface area contributed by atoms with Crippen LogP contribution in [0.3, 0.4) is 0 Å². The van der Waals surface area contributed by atoms with Gasteiger partial charge in [0.25, 0.3) is 0 Å². The SMILES string of the molecule is N[C@@H](c1ccc(NCc2ccccc2)cc1)c1cccs1. The molecule has 0 aliphatic rings. The first-order valence-electron chi connectivity index (χ1n) is 7.00. The summed E-state index contributed by atoms with van der Waals surface area (Å²) >= 11 is 1.70. The molecule has 3 N–H and O–H groups in total. The summed E-state index contributed by atoms with van der Waals surface area (Å²) in [4.78, 5) is 1.19. The second-order valence-corrected chi connectivity index (χ2v) is 5.93. The predicted octanol–water partition coefficient (Wildman–Crippen LogP) is 4.41. The van der Waals surface area contributed by atoms with Crippen molar-refractivity contribution in [2.75, 3.05) is 5.32 Å². The monoisotopic (exact) mass is 294 g/mol. The Morgan fingerprint density at radius 3 is 2.33 bits per heavy atom. The third kappa shape index (κ3) is 3.51. The van der Waals surface area contributed by atoms with Crippen molar-refractivity contribution in [2.24, 2.45) is 5.73 Å². The minimum atomic E-state index is -0.0341. The van der Waals surface area contributed by atoms with Gasteiger partial charge in [-0.25, -0.2) is 0 Å². The zero-order chi connectivity index (χ0) is 14.5. The lowest BCUT2D eigenvalue weighted by Gasteiger charge is -2.12. The summed E-state index contributed by atoms with van der Waals surface area (Å²) in [6.07, 6.45) is 0. The van der Waals surface area contributed by atoms with Crippen molar-refractivity contribution in [3.8, 4) is 0 Å². The molecule has 0 amide bonds. The number of benzene rings is 2. The van der Waals surface area contributed by atoms with Crippen molar-refractivity contribution in [2.45, 2.75) is 12.6 Å². The topological polar surface area (TPSA) is 38.0 Å². The molecular weight excluding hydrogens is 276 g/mol. The van der Waals surface area contributed by atoms with E-state index >= 15 is 0 Å². The van der Waals surface area contributed by atoms with E-state index in [0.717, 1.165) is 17.8 Å². The average Bonchev–Trinajstić information content (AvgIpc) is 3.08. The summed E-state index contributed by atoms with van der Waals surface area (Å²) in [6, 6.07) is 22.8. The van der Waals surface area contributed by atoms with Crippen molar-refractivity contribution in [1.82, 2.24) is 0 Å². The molecule has 0 aliphatic carbocycles. The summed E-state index contributed by atoms with van der Waals surface area (Å²) in [5.41, 5.74) is 9.79. The van der Waals surface area contributed by atoms with Gasteiger partial charge in [0.1, 0.15) is 0 Å². The zero-order valence-electron chi connectivity index (χ0n) is 11.7. The molecule has 0 spiro atoms. The van der Waals surface area contributed by atoms with Gasteiger partial charge in [0, 0.05) is 17.1 Å². The lowest BCUT2D eigenvalue weighted by molar-refractivity contribution is 0.893. The molecule has 21 heavy (non-hydrogen) atoms. The van der Waals surface area contributed by atoms with Gasteiger partial charge in [0.15, 0.2) is 0 Å². The second-order valence-electron chi connectivity index (χ2n) is 4.95. The van der Waals surface area contributed by atoms with Gasteiger partial charge in [-0.2, -0.15) is 0 Å². The van der Waals surface area contributed by atoms with Crippen molar-refractivity contribution in [3.05, 3.63) is 88.1 Å². The van der Waals surface area contributed by atoms with Crippen LogP contribution in [0.1, 0.15) is 22.0 Å². The third-order valence-corrected chi connectivity index (χ3v) is 4.41. The van der Waals surface area contributed by atoms with E-state index in [2.05, 4.69) is 65.3 Å². The smallest absolute Gasteiger partial charge is 0.0646 e. The molecule has 0 aliphatic heterocycles. The van der Waals surface area contributed by atoms with Gasteiger partial charge in [-0.1, -0.05) is 48.5 Å². The number of nitrogens with one attached hydrogen (secondary N) is 1. The van der Waals surface area contributed by atoms with Gasteiger partial charge in [0.05, 0.1) is 6.04 Å². The van der Waals surface area contributed by atoms with E-state index in [9.17, 15) is 0 Å². The highest BCUT2D eigenvalue weighted by Gasteiger charge is 2.09. The van der Waals surface area contributed by atoms with Crippen molar-refractivity contribution in [1.29, 1.82) is 0 Å². The Bertz CT molecular complexity index is 660. The van der Waals surface area contributed by atoms with Crippen LogP contribution in [0.25, 0.3) is 0 Å². The van der Waals surface area contributed by atoms with E-state index in [4.69, 9.17) is 5.73 Å². The fraction of sp³-hybridized carbons (Fsp3) is 0.111.